The number of nitrogens with zero attached hydrogens (tertiary/aromatic N) is 4. The molecule has 4 rings (SSSR count). The van der Waals surface area contributed by atoms with Crippen LogP contribution in [0.15, 0.2) is 42.7 Å². The number of aryl methyl sites for hydroxylation is 2. The van der Waals surface area contributed by atoms with Crippen molar-refractivity contribution in [1.82, 2.24) is 15.4 Å². The predicted octanol–water partition coefficient (Wildman–Crippen LogP) is 7.05. The number of hydrogen-bond acceptors (Lipinski definition) is 6. The number of benzene rings is 1. The summed E-state index contributed by atoms with van der Waals surface area (Å²) in [7, 11) is 0. The van der Waals surface area contributed by atoms with E-state index in [0.29, 0.717) is 28.6 Å². The fourth-order valence-corrected chi connectivity index (χ4v) is 4.47. The lowest BCUT2D eigenvalue weighted by Gasteiger charge is -2.23. The molecule has 0 spiro atoms. The van der Waals surface area contributed by atoms with Gasteiger partial charge >= 0.3 is 0 Å². The van der Waals surface area contributed by atoms with Crippen LogP contribution in [0, 0.1) is 42.9 Å². The first-order chi connectivity index (χ1) is 17.3. The van der Waals surface area contributed by atoms with Gasteiger partial charge in [0.1, 0.15) is 11.8 Å². The van der Waals surface area contributed by atoms with Crippen molar-refractivity contribution in [2.45, 2.75) is 73.1 Å². The monoisotopic (exact) mass is 487 g/mol. The molecule has 0 amide bonds. The Morgan fingerprint density at radius 1 is 1.19 bits per heavy atom. The number of anilines is 1. The number of allylic oxidation sites excluding steroid dienone is 4. The lowest BCUT2D eigenvalue weighted by atomic mass is 9.83. The predicted molar refractivity (Wildman–Crippen MR) is 147 cm³/mol. The van der Waals surface area contributed by atoms with Crippen LogP contribution in [0.25, 0.3) is 11.1 Å². The molecule has 1 saturated carbocycles. The molecule has 2 unspecified atom stereocenters. The molecule has 1 aromatic heterocycles. The summed E-state index contributed by atoms with van der Waals surface area (Å²) in [6, 6.07) is 8.28. The van der Waals surface area contributed by atoms with E-state index in [1.54, 1.807) is 12.4 Å². The van der Waals surface area contributed by atoms with Gasteiger partial charge in [-0.05, 0) is 81.8 Å². The molecular weight excluding hydrogens is 446 g/mol. The van der Waals surface area contributed by atoms with Crippen molar-refractivity contribution in [2.75, 3.05) is 11.7 Å². The molecule has 1 aromatic carbocycles. The van der Waals surface area contributed by atoms with Gasteiger partial charge in [0.2, 0.25) is 0 Å². The summed E-state index contributed by atoms with van der Waals surface area (Å²) in [6.45, 7) is 11.3. The number of rotatable bonds is 8. The van der Waals surface area contributed by atoms with Crippen LogP contribution in [0.1, 0.15) is 81.8 Å². The Kier molecular flexibility index (Phi) is 10.2. The molecular formula is C30H41N5O. The fourth-order valence-electron chi connectivity index (χ4n) is 4.47. The molecule has 192 valence electrons. The number of nitrogens with one attached hydrogen (secondary N) is 1. The molecule has 2 N–H and O–H groups in total. The highest BCUT2D eigenvalue weighted by Crippen LogP contribution is 2.29. The zero-order valence-corrected chi connectivity index (χ0v) is 22.5. The van der Waals surface area contributed by atoms with Crippen LogP contribution in [-0.2, 0) is 0 Å². The average Bonchev–Trinajstić information content (AvgIpc) is 3.74. The second-order valence-electron chi connectivity index (χ2n) is 10.2. The van der Waals surface area contributed by atoms with Crippen molar-refractivity contribution in [2.24, 2.45) is 17.8 Å². The molecule has 2 aliphatic rings. The third kappa shape index (κ3) is 7.74. The fraction of sp³-hybridized carbons (Fsp3) is 0.500. The molecule has 2 atom stereocenters. The Balaban J connectivity index is 0.000000303. The Labute approximate surface area is 216 Å². The highest BCUT2D eigenvalue weighted by molar-refractivity contribution is 5.96. The minimum absolute atomic E-state index is 0.465. The average molecular weight is 488 g/mol. The minimum Gasteiger partial charge on any atom is -0.273 e. The maximum Gasteiger partial charge on any atom is 0.156 e. The summed E-state index contributed by atoms with van der Waals surface area (Å²) in [4.78, 5) is 8.64. The van der Waals surface area contributed by atoms with Crippen molar-refractivity contribution in [3.05, 3.63) is 65.3 Å². The van der Waals surface area contributed by atoms with E-state index >= 15 is 0 Å². The van der Waals surface area contributed by atoms with Crippen molar-refractivity contribution >= 4 is 16.8 Å². The molecule has 36 heavy (non-hydrogen) atoms. The molecule has 6 nitrogen and oxygen atoms in total. The van der Waals surface area contributed by atoms with E-state index in [1.807, 2.05) is 32.9 Å². The van der Waals surface area contributed by atoms with Crippen LogP contribution >= 0.6 is 0 Å². The lowest BCUT2D eigenvalue weighted by Crippen LogP contribution is -2.36. The smallest absolute Gasteiger partial charge is 0.156 e. The molecule has 0 aliphatic heterocycles. The molecule has 0 radical (unpaired) electrons. The largest absolute Gasteiger partial charge is 0.273 e. The SMILES string of the molecule is C/C(=C(/C#N)c1ccc(C)cc1C)c1ncc(N(O)NCC2CC2)cn1.CCC(C)C1CC=CCC1. The number of aromatic nitrogens is 2. The maximum absolute atomic E-state index is 10.0. The third-order valence-corrected chi connectivity index (χ3v) is 7.34. The van der Waals surface area contributed by atoms with E-state index in [9.17, 15) is 10.5 Å². The van der Waals surface area contributed by atoms with Crippen LogP contribution in [0.4, 0.5) is 5.69 Å². The Hall–Kier alpha value is -3.01. The topological polar surface area (TPSA) is 85.1 Å². The Bertz CT molecular complexity index is 1100. The first-order valence-corrected chi connectivity index (χ1v) is 13.2. The summed E-state index contributed by atoms with van der Waals surface area (Å²) < 4.78 is 0. The second-order valence-corrected chi connectivity index (χ2v) is 10.2. The van der Waals surface area contributed by atoms with E-state index in [4.69, 9.17) is 0 Å². The van der Waals surface area contributed by atoms with Crippen LogP contribution in [0.2, 0.25) is 0 Å². The quantitative estimate of drug-likeness (QED) is 0.236. The third-order valence-electron chi connectivity index (χ3n) is 7.34. The van der Waals surface area contributed by atoms with Gasteiger partial charge in [0.05, 0.1) is 18.0 Å². The second kappa shape index (κ2) is 13.3. The molecule has 0 bridgehead atoms. The molecule has 1 heterocycles. The zero-order chi connectivity index (χ0) is 26.1. The first-order valence-electron chi connectivity index (χ1n) is 13.2. The van der Waals surface area contributed by atoms with Crippen molar-refractivity contribution in [3.63, 3.8) is 0 Å². The molecule has 0 saturated heterocycles. The van der Waals surface area contributed by atoms with E-state index in [1.165, 1.54) is 38.5 Å². The van der Waals surface area contributed by atoms with E-state index < -0.39 is 0 Å². The van der Waals surface area contributed by atoms with Gasteiger partial charge in [-0.1, -0.05) is 56.2 Å². The summed E-state index contributed by atoms with van der Waals surface area (Å²) in [5.74, 6) is 3.03. The van der Waals surface area contributed by atoms with Crippen LogP contribution in [0.5, 0.6) is 0 Å². The number of hydrazine groups is 1. The van der Waals surface area contributed by atoms with Gasteiger partial charge in [-0.15, -0.1) is 0 Å². The zero-order valence-electron chi connectivity index (χ0n) is 22.5. The summed E-state index contributed by atoms with van der Waals surface area (Å²) in [5.41, 5.74) is 7.75. The van der Waals surface area contributed by atoms with Gasteiger partial charge in [0, 0.05) is 12.1 Å². The standard InChI is InChI=1S/C20H23N5O.C10H18/c1-13-4-7-18(14(2)8-13)19(9-21)15(3)20-22-11-17(12-23-20)25(26)24-10-16-5-6-16;1-3-9(2)10-7-5-4-6-8-10/h4,7-8,11-12,16,24,26H,5-6,10H2,1-3H3;4-5,9-10H,3,6-8H2,1-2H3/b19-15+;. The van der Waals surface area contributed by atoms with E-state index in [0.717, 1.165) is 40.2 Å². The van der Waals surface area contributed by atoms with Crippen LogP contribution in [-0.4, -0.2) is 21.7 Å². The molecule has 6 heteroatoms. The van der Waals surface area contributed by atoms with E-state index in [-0.39, 0.29) is 0 Å². The first kappa shape index (κ1) is 27.6. The molecule has 2 aliphatic carbocycles. The highest BCUT2D eigenvalue weighted by atomic mass is 16.5. The summed E-state index contributed by atoms with van der Waals surface area (Å²) in [5, 5.41) is 20.6. The van der Waals surface area contributed by atoms with Gasteiger partial charge in [-0.3, -0.25) is 5.21 Å². The summed E-state index contributed by atoms with van der Waals surface area (Å²) >= 11 is 0. The van der Waals surface area contributed by atoms with Gasteiger partial charge in [-0.25, -0.2) is 15.4 Å². The molecule has 1 fully saturated rings. The molecule has 2 aromatic rings. The van der Waals surface area contributed by atoms with Gasteiger partial charge in [0.25, 0.3) is 0 Å². The normalized spacial score (nSPS) is 18.4. The number of nitriles is 1. The van der Waals surface area contributed by atoms with Crippen molar-refractivity contribution < 1.29 is 5.21 Å². The lowest BCUT2D eigenvalue weighted by molar-refractivity contribution is 0.208. The van der Waals surface area contributed by atoms with Gasteiger partial charge in [0.15, 0.2) is 5.82 Å². The van der Waals surface area contributed by atoms with Crippen LogP contribution in [0.3, 0.4) is 0 Å². The minimum atomic E-state index is 0.465. The summed E-state index contributed by atoms with van der Waals surface area (Å²) in [6.07, 6.45) is 15.6. The van der Waals surface area contributed by atoms with Gasteiger partial charge < -0.3 is 0 Å². The van der Waals surface area contributed by atoms with Gasteiger partial charge in [-0.2, -0.15) is 10.4 Å². The van der Waals surface area contributed by atoms with Crippen LogP contribution < -0.4 is 10.6 Å². The maximum atomic E-state index is 10.0. The van der Waals surface area contributed by atoms with E-state index in [2.05, 4.69) is 53.5 Å². The van der Waals surface area contributed by atoms with Crippen molar-refractivity contribution in [1.29, 1.82) is 5.26 Å². The Morgan fingerprint density at radius 2 is 1.92 bits per heavy atom. The Morgan fingerprint density at radius 3 is 2.47 bits per heavy atom. The highest BCUT2D eigenvalue weighted by Gasteiger charge is 2.22. The number of hydrogen-bond donors (Lipinski definition) is 2. The van der Waals surface area contributed by atoms with Crippen molar-refractivity contribution in [3.8, 4) is 6.07 Å².